The van der Waals surface area contributed by atoms with Crippen LogP contribution in [0.5, 0.6) is 0 Å². The van der Waals surface area contributed by atoms with Crippen LogP contribution < -0.4 is 0 Å². The van der Waals surface area contributed by atoms with Crippen LogP contribution in [0.25, 0.3) is 0 Å². The van der Waals surface area contributed by atoms with Gasteiger partial charge in [0.1, 0.15) is 12.4 Å². The smallest absolute Gasteiger partial charge is 0.108 e. The zero-order valence-corrected chi connectivity index (χ0v) is 14.9. The number of benzene rings is 2. The van der Waals surface area contributed by atoms with Crippen molar-refractivity contribution in [2.75, 3.05) is 0 Å². The quantitative estimate of drug-likeness (QED) is 0.516. The van der Waals surface area contributed by atoms with Crippen LogP contribution in [0.15, 0.2) is 72.6 Å². The second kappa shape index (κ2) is 8.55. The van der Waals surface area contributed by atoms with Gasteiger partial charge in [0.25, 0.3) is 0 Å². The number of allylic oxidation sites excluding steroid dienone is 1. The molecule has 0 spiro atoms. The normalized spacial score (nSPS) is 14.5. The summed E-state index contributed by atoms with van der Waals surface area (Å²) in [5.41, 5.74) is 2.94. The van der Waals surface area contributed by atoms with E-state index in [1.165, 1.54) is 0 Å². The van der Waals surface area contributed by atoms with Crippen LogP contribution in [0, 0.1) is 5.92 Å². The van der Waals surface area contributed by atoms with Crippen LogP contribution in [0.2, 0.25) is 0 Å². The highest BCUT2D eigenvalue weighted by Gasteiger charge is 2.27. The van der Waals surface area contributed by atoms with E-state index in [9.17, 15) is 5.11 Å². The number of rotatable bonds is 7. The second-order valence-electron chi connectivity index (χ2n) is 6.35. The van der Waals surface area contributed by atoms with Gasteiger partial charge in [0.15, 0.2) is 0 Å². The molecule has 0 bridgehead atoms. The molecule has 2 aromatic carbocycles. The Labute approximate surface area is 145 Å². The van der Waals surface area contributed by atoms with Crippen molar-refractivity contribution >= 4 is 0 Å². The van der Waals surface area contributed by atoms with E-state index >= 15 is 0 Å². The first-order valence-corrected chi connectivity index (χ1v) is 8.41. The molecular formula is C21H27NO2. The molecule has 1 N–H and O–H groups in total. The minimum Gasteiger partial charge on any atom is -0.514 e. The Bertz CT molecular complexity index is 637. The van der Waals surface area contributed by atoms with Gasteiger partial charge in [-0.2, -0.15) is 0 Å². The van der Waals surface area contributed by atoms with Gasteiger partial charge in [0, 0.05) is 0 Å². The van der Waals surface area contributed by atoms with Gasteiger partial charge >= 0.3 is 0 Å². The fraction of sp³-hybridized carbons (Fsp3) is 0.333. The van der Waals surface area contributed by atoms with Crippen molar-refractivity contribution in [2.24, 2.45) is 5.92 Å². The van der Waals surface area contributed by atoms with Crippen molar-refractivity contribution in [1.82, 2.24) is 5.06 Å². The summed E-state index contributed by atoms with van der Waals surface area (Å²) in [4.78, 5) is 6.27. The Balaban J connectivity index is 2.33. The number of hydroxylamine groups is 2. The summed E-state index contributed by atoms with van der Waals surface area (Å²) < 4.78 is 0. The van der Waals surface area contributed by atoms with Gasteiger partial charge in [0.05, 0.1) is 11.7 Å². The maximum Gasteiger partial charge on any atom is 0.108 e. The summed E-state index contributed by atoms with van der Waals surface area (Å²) in [7, 11) is 0. The standard InChI is InChI=1S/C21H27NO2/c1-16(2)21(20-13-9-6-10-14-20)22(17(3)15-23)24-18(4)19-11-7-5-8-12-19/h5-16,18,21,23H,1-4H3/b17-15-. The molecular weight excluding hydrogens is 298 g/mol. The molecule has 0 saturated heterocycles. The van der Waals surface area contributed by atoms with Crippen molar-refractivity contribution in [3.05, 3.63) is 83.7 Å². The van der Waals surface area contributed by atoms with Crippen molar-refractivity contribution in [3.8, 4) is 0 Å². The predicted octanol–water partition coefficient (Wildman–Crippen LogP) is 5.80. The Hall–Kier alpha value is -2.26. The summed E-state index contributed by atoms with van der Waals surface area (Å²) in [6.07, 6.45) is 0.988. The SMILES string of the molecule is C/C(=C/O)N(OC(C)c1ccccc1)C(c1ccccc1)C(C)C. The van der Waals surface area contributed by atoms with Crippen LogP contribution in [0.3, 0.4) is 0 Å². The van der Waals surface area contributed by atoms with E-state index in [1.54, 1.807) is 0 Å². The fourth-order valence-corrected chi connectivity index (χ4v) is 2.82. The van der Waals surface area contributed by atoms with Crippen LogP contribution in [0.1, 0.15) is 51.0 Å². The summed E-state index contributed by atoms with van der Waals surface area (Å²) in [6, 6.07) is 20.4. The topological polar surface area (TPSA) is 32.7 Å². The van der Waals surface area contributed by atoms with Gasteiger partial charge in [-0.3, -0.25) is 4.84 Å². The van der Waals surface area contributed by atoms with Gasteiger partial charge in [-0.05, 0) is 30.9 Å². The van der Waals surface area contributed by atoms with Gasteiger partial charge in [-0.15, -0.1) is 0 Å². The molecule has 128 valence electrons. The largest absolute Gasteiger partial charge is 0.514 e. The molecule has 0 amide bonds. The molecule has 3 nitrogen and oxygen atoms in total. The average Bonchev–Trinajstić information content (AvgIpc) is 2.61. The number of aliphatic hydroxyl groups is 1. The number of hydrogen-bond acceptors (Lipinski definition) is 3. The maximum absolute atomic E-state index is 9.58. The molecule has 2 rings (SSSR count). The minimum absolute atomic E-state index is 0.0146. The molecule has 2 aromatic rings. The van der Waals surface area contributed by atoms with Crippen molar-refractivity contribution in [1.29, 1.82) is 0 Å². The van der Waals surface area contributed by atoms with E-state index < -0.39 is 0 Å². The van der Waals surface area contributed by atoms with Crippen molar-refractivity contribution in [3.63, 3.8) is 0 Å². The molecule has 0 radical (unpaired) electrons. The Morgan fingerprint density at radius 1 is 0.917 bits per heavy atom. The summed E-state index contributed by atoms with van der Waals surface area (Å²) in [5, 5.41) is 11.4. The highest BCUT2D eigenvalue weighted by molar-refractivity contribution is 5.21. The van der Waals surface area contributed by atoms with E-state index in [-0.39, 0.29) is 12.1 Å². The monoisotopic (exact) mass is 325 g/mol. The summed E-state index contributed by atoms with van der Waals surface area (Å²) in [5.74, 6) is 0.310. The molecule has 0 aromatic heterocycles. The molecule has 3 heteroatoms. The molecule has 2 atom stereocenters. The zero-order chi connectivity index (χ0) is 17.5. The van der Waals surface area contributed by atoms with Crippen molar-refractivity contribution < 1.29 is 9.94 Å². The first kappa shape index (κ1) is 18.1. The molecule has 24 heavy (non-hydrogen) atoms. The van der Waals surface area contributed by atoms with Crippen molar-refractivity contribution in [2.45, 2.75) is 39.8 Å². The van der Waals surface area contributed by atoms with Crippen LogP contribution in [-0.4, -0.2) is 10.2 Å². The van der Waals surface area contributed by atoms with E-state index in [2.05, 4.69) is 26.0 Å². The van der Waals surface area contributed by atoms with Crippen LogP contribution in [-0.2, 0) is 4.84 Å². The number of hydrogen-bond donors (Lipinski definition) is 1. The lowest BCUT2D eigenvalue weighted by atomic mass is 9.95. The molecule has 0 aliphatic carbocycles. The molecule has 2 unspecified atom stereocenters. The summed E-state index contributed by atoms with van der Waals surface area (Å²) >= 11 is 0. The molecule has 0 fully saturated rings. The first-order chi connectivity index (χ1) is 11.5. The lowest BCUT2D eigenvalue weighted by Crippen LogP contribution is -2.32. The third-order valence-corrected chi connectivity index (χ3v) is 4.10. The van der Waals surface area contributed by atoms with Crippen LogP contribution >= 0.6 is 0 Å². The average molecular weight is 325 g/mol. The van der Waals surface area contributed by atoms with Gasteiger partial charge in [-0.1, -0.05) is 74.5 Å². The lowest BCUT2D eigenvalue weighted by molar-refractivity contribution is -0.206. The fourth-order valence-electron chi connectivity index (χ4n) is 2.82. The van der Waals surface area contributed by atoms with Gasteiger partial charge in [-0.25, -0.2) is 5.06 Å². The third-order valence-electron chi connectivity index (χ3n) is 4.10. The zero-order valence-electron chi connectivity index (χ0n) is 14.9. The number of nitrogens with zero attached hydrogens (tertiary/aromatic N) is 1. The predicted molar refractivity (Wildman–Crippen MR) is 98.2 cm³/mol. The van der Waals surface area contributed by atoms with Gasteiger partial charge in [0.2, 0.25) is 0 Å². The molecule has 0 saturated carbocycles. The highest BCUT2D eigenvalue weighted by Crippen LogP contribution is 2.34. The highest BCUT2D eigenvalue weighted by atomic mass is 16.7. The van der Waals surface area contributed by atoms with E-state index in [4.69, 9.17) is 4.84 Å². The van der Waals surface area contributed by atoms with E-state index in [0.717, 1.165) is 17.4 Å². The molecule has 0 aliphatic heterocycles. The Morgan fingerprint density at radius 2 is 1.42 bits per heavy atom. The van der Waals surface area contributed by atoms with E-state index in [1.807, 2.05) is 67.4 Å². The molecule has 0 heterocycles. The second-order valence-corrected chi connectivity index (χ2v) is 6.35. The van der Waals surface area contributed by atoms with Crippen LogP contribution in [0.4, 0.5) is 0 Å². The lowest BCUT2D eigenvalue weighted by Gasteiger charge is -2.37. The first-order valence-electron chi connectivity index (χ1n) is 8.41. The third kappa shape index (κ3) is 4.39. The Morgan fingerprint density at radius 3 is 1.88 bits per heavy atom. The minimum atomic E-state index is -0.119. The Kier molecular flexibility index (Phi) is 6.44. The van der Waals surface area contributed by atoms with Gasteiger partial charge < -0.3 is 5.11 Å². The number of aliphatic hydroxyl groups excluding tert-OH is 1. The maximum atomic E-state index is 9.58. The molecule has 0 aliphatic rings. The summed E-state index contributed by atoms with van der Waals surface area (Å²) in [6.45, 7) is 8.20. The van der Waals surface area contributed by atoms with E-state index in [0.29, 0.717) is 11.6 Å².